The summed E-state index contributed by atoms with van der Waals surface area (Å²) in [6.45, 7) is 7.59. The molecule has 1 amide bonds. The molecule has 0 bridgehead atoms. The number of aliphatic hydroxyl groups excluding tert-OH is 1. The zero-order valence-electron chi connectivity index (χ0n) is 8.42. The largest absolute Gasteiger partial charge is 0.394 e. The van der Waals surface area contributed by atoms with Crippen molar-refractivity contribution in [2.24, 2.45) is 5.92 Å². The molecule has 0 radical (unpaired) electrons. The second kappa shape index (κ2) is 6.66. The Kier molecular flexibility index (Phi) is 6.24. The van der Waals surface area contributed by atoms with Crippen LogP contribution in [0, 0.1) is 5.92 Å². The third-order valence-corrected chi connectivity index (χ3v) is 1.67. The van der Waals surface area contributed by atoms with Crippen molar-refractivity contribution in [3.8, 4) is 0 Å². The average Bonchev–Trinajstić information content (AvgIpc) is 2.02. The van der Waals surface area contributed by atoms with E-state index in [1.807, 2.05) is 0 Å². The van der Waals surface area contributed by atoms with Gasteiger partial charge in [-0.25, -0.2) is 0 Å². The molecule has 0 saturated carbocycles. The first-order valence-corrected chi connectivity index (χ1v) is 4.61. The molecule has 0 rings (SSSR count). The van der Waals surface area contributed by atoms with Crippen molar-refractivity contribution >= 4 is 5.91 Å². The lowest BCUT2D eigenvalue weighted by Gasteiger charge is -2.17. The van der Waals surface area contributed by atoms with Crippen LogP contribution in [0.1, 0.15) is 26.7 Å². The Morgan fingerprint density at radius 1 is 1.62 bits per heavy atom. The van der Waals surface area contributed by atoms with E-state index in [1.54, 1.807) is 6.08 Å². The Morgan fingerprint density at radius 3 is 2.62 bits per heavy atom. The van der Waals surface area contributed by atoms with E-state index < -0.39 is 0 Å². The monoisotopic (exact) mass is 185 g/mol. The fourth-order valence-corrected chi connectivity index (χ4v) is 1.17. The molecule has 1 unspecified atom stereocenters. The molecule has 2 N–H and O–H groups in total. The van der Waals surface area contributed by atoms with Gasteiger partial charge in [-0.3, -0.25) is 4.79 Å². The number of carbonyl (C=O) groups is 1. The maximum atomic E-state index is 11.1. The van der Waals surface area contributed by atoms with Gasteiger partial charge >= 0.3 is 0 Å². The summed E-state index contributed by atoms with van der Waals surface area (Å²) in [4.78, 5) is 11.1. The fourth-order valence-electron chi connectivity index (χ4n) is 1.17. The third-order valence-electron chi connectivity index (χ3n) is 1.67. The first kappa shape index (κ1) is 12.2. The van der Waals surface area contributed by atoms with Crippen molar-refractivity contribution in [2.75, 3.05) is 6.61 Å². The summed E-state index contributed by atoms with van der Waals surface area (Å²) in [6, 6.07) is -0.118. The van der Waals surface area contributed by atoms with E-state index in [2.05, 4.69) is 25.7 Å². The van der Waals surface area contributed by atoms with Crippen LogP contribution in [0.25, 0.3) is 0 Å². The zero-order valence-corrected chi connectivity index (χ0v) is 8.42. The summed E-state index contributed by atoms with van der Waals surface area (Å²) < 4.78 is 0. The van der Waals surface area contributed by atoms with Crippen LogP contribution in [0.2, 0.25) is 0 Å². The molecule has 0 saturated heterocycles. The van der Waals surface area contributed by atoms with Crippen LogP contribution in [-0.4, -0.2) is 23.7 Å². The van der Waals surface area contributed by atoms with Crippen molar-refractivity contribution in [2.45, 2.75) is 32.7 Å². The molecular formula is C10H19NO2. The molecule has 3 nitrogen and oxygen atoms in total. The van der Waals surface area contributed by atoms with Gasteiger partial charge in [0.1, 0.15) is 0 Å². The van der Waals surface area contributed by atoms with Gasteiger partial charge in [-0.05, 0) is 12.3 Å². The number of rotatable bonds is 6. The molecule has 0 aliphatic rings. The summed E-state index contributed by atoms with van der Waals surface area (Å²) in [7, 11) is 0. The van der Waals surface area contributed by atoms with Gasteiger partial charge in [0.15, 0.2) is 0 Å². The zero-order chi connectivity index (χ0) is 10.3. The number of hydrogen-bond acceptors (Lipinski definition) is 2. The number of amides is 1. The van der Waals surface area contributed by atoms with Gasteiger partial charge in [-0.15, -0.1) is 6.58 Å². The van der Waals surface area contributed by atoms with Crippen molar-refractivity contribution in [1.82, 2.24) is 5.32 Å². The van der Waals surface area contributed by atoms with Gasteiger partial charge in [0.05, 0.1) is 12.6 Å². The number of carbonyl (C=O) groups excluding carboxylic acids is 1. The van der Waals surface area contributed by atoms with Crippen LogP contribution in [0.4, 0.5) is 0 Å². The lowest BCUT2D eigenvalue weighted by Crippen LogP contribution is -2.38. The normalized spacial score (nSPS) is 12.6. The quantitative estimate of drug-likeness (QED) is 0.608. The lowest BCUT2D eigenvalue weighted by atomic mass is 10.0. The molecular weight excluding hydrogens is 166 g/mol. The van der Waals surface area contributed by atoms with E-state index in [4.69, 9.17) is 5.11 Å². The predicted octanol–water partition coefficient (Wildman–Crippen LogP) is 1.09. The highest BCUT2D eigenvalue weighted by Gasteiger charge is 2.11. The van der Waals surface area contributed by atoms with E-state index in [0.29, 0.717) is 12.3 Å². The van der Waals surface area contributed by atoms with Crippen molar-refractivity contribution < 1.29 is 9.90 Å². The van der Waals surface area contributed by atoms with E-state index in [9.17, 15) is 4.79 Å². The Hall–Kier alpha value is -0.830. The van der Waals surface area contributed by atoms with Crippen LogP contribution < -0.4 is 5.32 Å². The molecule has 0 aliphatic heterocycles. The minimum absolute atomic E-state index is 0.00105. The van der Waals surface area contributed by atoms with Gasteiger partial charge in [0, 0.05) is 6.42 Å². The van der Waals surface area contributed by atoms with E-state index in [0.717, 1.165) is 6.42 Å². The van der Waals surface area contributed by atoms with Gasteiger partial charge in [0.25, 0.3) is 0 Å². The number of hydrogen-bond donors (Lipinski definition) is 2. The first-order valence-electron chi connectivity index (χ1n) is 4.61. The highest BCUT2D eigenvalue weighted by atomic mass is 16.3. The maximum Gasteiger partial charge on any atom is 0.224 e. The van der Waals surface area contributed by atoms with Crippen molar-refractivity contribution in [3.05, 3.63) is 12.7 Å². The molecule has 0 spiro atoms. The average molecular weight is 185 g/mol. The Morgan fingerprint density at radius 2 is 2.23 bits per heavy atom. The van der Waals surface area contributed by atoms with Crippen molar-refractivity contribution in [1.29, 1.82) is 0 Å². The minimum Gasteiger partial charge on any atom is -0.394 e. The minimum atomic E-state index is -0.118. The topological polar surface area (TPSA) is 49.3 Å². The molecule has 0 aromatic heterocycles. The van der Waals surface area contributed by atoms with Crippen LogP contribution in [0.5, 0.6) is 0 Å². The van der Waals surface area contributed by atoms with E-state index >= 15 is 0 Å². The standard InChI is InChI=1S/C10H19NO2/c1-4-5-10(13)11-9(7-12)6-8(2)3/h4,8-9,12H,1,5-7H2,2-3H3,(H,11,13). The molecule has 76 valence electrons. The molecule has 13 heavy (non-hydrogen) atoms. The number of aliphatic hydroxyl groups is 1. The summed E-state index contributed by atoms with van der Waals surface area (Å²) >= 11 is 0. The third kappa shape index (κ3) is 6.34. The van der Waals surface area contributed by atoms with E-state index in [1.165, 1.54) is 0 Å². The summed E-state index contributed by atoms with van der Waals surface area (Å²) in [5.74, 6) is 0.399. The molecule has 0 heterocycles. The molecule has 3 heteroatoms. The molecule has 1 atom stereocenters. The fraction of sp³-hybridized carbons (Fsp3) is 0.700. The SMILES string of the molecule is C=CCC(=O)NC(CO)CC(C)C. The van der Waals surface area contributed by atoms with Crippen LogP contribution in [-0.2, 0) is 4.79 Å². The summed E-state index contributed by atoms with van der Waals surface area (Å²) in [5.41, 5.74) is 0. The van der Waals surface area contributed by atoms with Gasteiger partial charge < -0.3 is 10.4 Å². The van der Waals surface area contributed by atoms with Crippen LogP contribution in [0.15, 0.2) is 12.7 Å². The maximum absolute atomic E-state index is 11.1. The van der Waals surface area contributed by atoms with Crippen LogP contribution >= 0.6 is 0 Å². The second-order valence-corrected chi connectivity index (χ2v) is 3.57. The highest BCUT2D eigenvalue weighted by Crippen LogP contribution is 2.04. The Bertz CT molecular complexity index is 166. The Balaban J connectivity index is 3.82. The molecule has 0 aliphatic carbocycles. The van der Waals surface area contributed by atoms with Crippen LogP contribution in [0.3, 0.4) is 0 Å². The van der Waals surface area contributed by atoms with Gasteiger partial charge in [-0.2, -0.15) is 0 Å². The number of nitrogens with one attached hydrogen (secondary N) is 1. The van der Waals surface area contributed by atoms with E-state index in [-0.39, 0.29) is 18.6 Å². The molecule has 0 fully saturated rings. The Labute approximate surface area is 79.8 Å². The summed E-state index contributed by atoms with van der Waals surface area (Å²) in [6.07, 6.45) is 2.67. The smallest absolute Gasteiger partial charge is 0.224 e. The molecule has 0 aromatic carbocycles. The lowest BCUT2D eigenvalue weighted by molar-refractivity contribution is -0.121. The molecule has 0 aromatic rings. The predicted molar refractivity (Wildman–Crippen MR) is 53.3 cm³/mol. The van der Waals surface area contributed by atoms with Crippen molar-refractivity contribution in [3.63, 3.8) is 0 Å². The van der Waals surface area contributed by atoms with Gasteiger partial charge in [0.2, 0.25) is 5.91 Å². The summed E-state index contributed by atoms with van der Waals surface area (Å²) in [5, 5.41) is 11.7. The second-order valence-electron chi connectivity index (χ2n) is 3.57. The first-order chi connectivity index (χ1) is 6.10. The van der Waals surface area contributed by atoms with Gasteiger partial charge in [-0.1, -0.05) is 19.9 Å². The highest BCUT2D eigenvalue weighted by molar-refractivity contribution is 5.77.